The van der Waals surface area contributed by atoms with E-state index >= 15 is 0 Å². The van der Waals surface area contributed by atoms with Crippen LogP contribution in [0.5, 0.6) is 0 Å². The van der Waals surface area contributed by atoms with Gasteiger partial charge in [0.2, 0.25) is 0 Å². The maximum atomic E-state index is 3.56. The lowest BCUT2D eigenvalue weighted by atomic mass is 9.86. The van der Waals surface area contributed by atoms with Gasteiger partial charge in [0.15, 0.2) is 0 Å². The molecule has 0 aliphatic rings. The minimum Gasteiger partial charge on any atom is -0.0622 e. The van der Waals surface area contributed by atoms with Gasteiger partial charge in [0, 0.05) is 8.95 Å². The van der Waals surface area contributed by atoms with E-state index in [1.807, 2.05) is 0 Å². The van der Waals surface area contributed by atoms with Gasteiger partial charge in [0.05, 0.1) is 0 Å². The predicted octanol–water partition coefficient (Wildman–Crippen LogP) is 8.22. The maximum absolute atomic E-state index is 3.56. The molecule has 4 rings (SSSR count). The number of hydrogen-bond donors (Lipinski definition) is 0. The second-order valence-corrected chi connectivity index (χ2v) is 8.33. The van der Waals surface area contributed by atoms with Crippen LogP contribution < -0.4 is 0 Å². The van der Waals surface area contributed by atoms with E-state index in [0.717, 1.165) is 8.95 Å². The Labute approximate surface area is 182 Å². The number of rotatable bonds is 4. The summed E-state index contributed by atoms with van der Waals surface area (Å²) in [6.07, 6.45) is 0. The molecule has 0 amide bonds. The quantitative estimate of drug-likeness (QED) is 0.253. The molecule has 0 N–H and O–H groups in total. The molecule has 0 fully saturated rings. The monoisotopic (exact) mass is 488 g/mol. The van der Waals surface area contributed by atoms with Crippen LogP contribution in [0.15, 0.2) is 118 Å². The average molecular weight is 490 g/mol. The first-order chi connectivity index (χ1) is 13.7. The highest BCUT2D eigenvalue weighted by molar-refractivity contribution is 9.10. The van der Waals surface area contributed by atoms with E-state index in [9.17, 15) is 0 Å². The highest BCUT2D eigenvalue weighted by Gasteiger charge is 2.16. The molecule has 0 aliphatic carbocycles. The number of hydrogen-bond acceptors (Lipinski definition) is 0. The summed E-state index contributed by atoms with van der Waals surface area (Å²) in [6.45, 7) is 0. The van der Waals surface area contributed by atoms with E-state index < -0.39 is 0 Å². The molecule has 4 aromatic carbocycles. The predicted molar refractivity (Wildman–Crippen MR) is 126 cm³/mol. The van der Waals surface area contributed by atoms with Gasteiger partial charge in [-0.3, -0.25) is 0 Å². The van der Waals surface area contributed by atoms with Crippen molar-refractivity contribution in [3.63, 3.8) is 0 Å². The molecule has 4 aromatic rings. The molecule has 0 unspecified atom stereocenters. The fourth-order valence-electron chi connectivity index (χ4n) is 3.35. The maximum Gasteiger partial charge on any atom is 0.0175 e. The summed E-state index contributed by atoms with van der Waals surface area (Å²) in [7, 11) is 0. The molecule has 28 heavy (non-hydrogen) atoms. The zero-order valence-electron chi connectivity index (χ0n) is 15.1. The van der Waals surface area contributed by atoms with Crippen molar-refractivity contribution in [3.05, 3.63) is 140 Å². The van der Waals surface area contributed by atoms with Crippen LogP contribution in [0.1, 0.15) is 22.3 Å². The summed E-state index contributed by atoms with van der Waals surface area (Å²) in [5.74, 6) is 0. The van der Waals surface area contributed by atoms with Crippen LogP contribution in [0, 0.1) is 0 Å². The van der Waals surface area contributed by atoms with E-state index in [-0.39, 0.29) is 0 Å². The van der Waals surface area contributed by atoms with E-state index in [1.165, 1.54) is 33.4 Å². The lowest BCUT2D eigenvalue weighted by Gasteiger charge is -2.18. The van der Waals surface area contributed by atoms with Crippen LogP contribution in [0.2, 0.25) is 0 Å². The summed E-state index contributed by atoms with van der Waals surface area (Å²) >= 11 is 7.13. The third-order valence-corrected chi connectivity index (χ3v) is 5.70. The highest BCUT2D eigenvalue weighted by Crippen LogP contribution is 2.37. The van der Waals surface area contributed by atoms with E-state index in [0.29, 0.717) is 0 Å². The van der Waals surface area contributed by atoms with E-state index in [1.54, 1.807) is 0 Å². The molecular formula is C26H18Br2. The minimum atomic E-state index is 1.08. The van der Waals surface area contributed by atoms with Crippen LogP contribution in [0.4, 0.5) is 0 Å². The van der Waals surface area contributed by atoms with Crippen LogP contribution in [-0.2, 0) is 0 Å². The third kappa shape index (κ3) is 4.19. The van der Waals surface area contributed by atoms with Crippen molar-refractivity contribution in [2.45, 2.75) is 0 Å². The van der Waals surface area contributed by atoms with Crippen LogP contribution in [-0.4, -0.2) is 0 Å². The molecule has 0 spiro atoms. The lowest BCUT2D eigenvalue weighted by Crippen LogP contribution is -1.97. The first-order valence-electron chi connectivity index (χ1n) is 9.09. The molecule has 0 saturated heterocycles. The Kier molecular flexibility index (Phi) is 5.90. The summed E-state index contributed by atoms with van der Waals surface area (Å²) in [4.78, 5) is 0. The average Bonchev–Trinajstić information content (AvgIpc) is 2.75. The topological polar surface area (TPSA) is 0 Å². The van der Waals surface area contributed by atoms with Crippen LogP contribution in [0.3, 0.4) is 0 Å². The summed E-state index contributed by atoms with van der Waals surface area (Å²) < 4.78 is 2.15. The van der Waals surface area contributed by atoms with Crippen molar-refractivity contribution in [1.29, 1.82) is 0 Å². The van der Waals surface area contributed by atoms with Crippen molar-refractivity contribution >= 4 is 43.0 Å². The SMILES string of the molecule is Brc1ccc(C(=C(c2ccccc2)c2ccc(Br)cc2)c2ccccc2)cc1. The Morgan fingerprint density at radius 3 is 0.964 bits per heavy atom. The zero-order chi connectivity index (χ0) is 19.3. The normalized spacial score (nSPS) is 11.8. The van der Waals surface area contributed by atoms with Crippen molar-refractivity contribution in [1.82, 2.24) is 0 Å². The van der Waals surface area contributed by atoms with Crippen molar-refractivity contribution < 1.29 is 0 Å². The van der Waals surface area contributed by atoms with Gasteiger partial charge in [-0.1, -0.05) is 117 Å². The smallest absolute Gasteiger partial charge is 0.0175 e. The Hall–Kier alpha value is -2.42. The molecule has 0 radical (unpaired) electrons. The standard InChI is InChI=1S/C26H18Br2/c27-23-15-11-21(12-16-23)25(19-7-3-1-4-8-19)26(20-9-5-2-6-10-20)22-13-17-24(28)18-14-22/h1-18H. The van der Waals surface area contributed by atoms with E-state index in [2.05, 4.69) is 141 Å². The van der Waals surface area contributed by atoms with Gasteiger partial charge in [0.1, 0.15) is 0 Å². The highest BCUT2D eigenvalue weighted by atomic mass is 79.9. The molecule has 0 atom stereocenters. The Morgan fingerprint density at radius 1 is 0.357 bits per heavy atom. The molecule has 2 heteroatoms. The number of benzene rings is 4. The Balaban J connectivity index is 2.08. The Morgan fingerprint density at radius 2 is 0.643 bits per heavy atom. The molecule has 0 saturated carbocycles. The Bertz CT molecular complexity index is 988. The zero-order valence-corrected chi connectivity index (χ0v) is 18.3. The summed E-state index contributed by atoms with van der Waals surface area (Å²) in [6, 6.07) is 38.3. The molecule has 0 nitrogen and oxygen atoms in total. The lowest BCUT2D eigenvalue weighted by molar-refractivity contribution is 1.49. The van der Waals surface area contributed by atoms with Crippen LogP contribution in [0.25, 0.3) is 11.1 Å². The van der Waals surface area contributed by atoms with Gasteiger partial charge in [-0.15, -0.1) is 0 Å². The summed E-state index contributed by atoms with van der Waals surface area (Å²) in [5.41, 5.74) is 7.23. The largest absolute Gasteiger partial charge is 0.0622 e. The second-order valence-electron chi connectivity index (χ2n) is 6.50. The summed E-state index contributed by atoms with van der Waals surface area (Å²) in [5, 5.41) is 0. The molecule has 0 heterocycles. The van der Waals surface area contributed by atoms with Gasteiger partial charge in [-0.25, -0.2) is 0 Å². The first kappa shape index (κ1) is 18.9. The van der Waals surface area contributed by atoms with E-state index in [4.69, 9.17) is 0 Å². The first-order valence-corrected chi connectivity index (χ1v) is 10.7. The van der Waals surface area contributed by atoms with Crippen molar-refractivity contribution in [3.8, 4) is 0 Å². The second kappa shape index (κ2) is 8.72. The third-order valence-electron chi connectivity index (χ3n) is 4.64. The minimum absolute atomic E-state index is 1.08. The fraction of sp³-hybridized carbons (Fsp3) is 0. The molecule has 0 bridgehead atoms. The number of halogens is 2. The van der Waals surface area contributed by atoms with Gasteiger partial charge < -0.3 is 0 Å². The van der Waals surface area contributed by atoms with Gasteiger partial charge in [0.25, 0.3) is 0 Å². The van der Waals surface area contributed by atoms with Gasteiger partial charge in [-0.05, 0) is 57.7 Å². The fourth-order valence-corrected chi connectivity index (χ4v) is 3.88. The van der Waals surface area contributed by atoms with Gasteiger partial charge >= 0.3 is 0 Å². The molecular weight excluding hydrogens is 472 g/mol. The van der Waals surface area contributed by atoms with Crippen LogP contribution >= 0.6 is 31.9 Å². The molecule has 136 valence electrons. The molecule has 0 aromatic heterocycles. The van der Waals surface area contributed by atoms with Crippen molar-refractivity contribution in [2.75, 3.05) is 0 Å². The molecule has 0 aliphatic heterocycles. The van der Waals surface area contributed by atoms with Crippen molar-refractivity contribution in [2.24, 2.45) is 0 Å². The van der Waals surface area contributed by atoms with Gasteiger partial charge in [-0.2, -0.15) is 0 Å².